The lowest BCUT2D eigenvalue weighted by molar-refractivity contribution is -0.121. The van der Waals surface area contributed by atoms with Gasteiger partial charge < -0.3 is 19.3 Å². The molecule has 0 fully saturated rings. The Bertz CT molecular complexity index is 966. The smallest absolute Gasteiger partial charge is 0.227 e. The average molecular weight is 395 g/mol. The fraction of sp³-hybridized carbons (Fsp3) is 0.318. The number of benzene rings is 2. The summed E-state index contributed by atoms with van der Waals surface area (Å²) >= 11 is 0. The van der Waals surface area contributed by atoms with Crippen LogP contribution in [0.3, 0.4) is 0 Å². The van der Waals surface area contributed by atoms with E-state index in [1.807, 2.05) is 56.3 Å². The number of amides is 1. The SMILES string of the molecule is COc1ccc(OC)c([C@H](C)NC(=O)CCc2nc(-c3ccc(C)cc3)no2)c1. The first-order valence-electron chi connectivity index (χ1n) is 9.41. The highest BCUT2D eigenvalue weighted by Crippen LogP contribution is 2.29. The number of methoxy groups -OCH3 is 2. The maximum Gasteiger partial charge on any atom is 0.227 e. The molecule has 7 nitrogen and oxygen atoms in total. The van der Waals surface area contributed by atoms with Crippen LogP contribution in [0.2, 0.25) is 0 Å². The highest BCUT2D eigenvalue weighted by Gasteiger charge is 2.16. The van der Waals surface area contributed by atoms with Gasteiger partial charge in [-0.15, -0.1) is 0 Å². The maximum absolute atomic E-state index is 12.4. The van der Waals surface area contributed by atoms with E-state index in [0.29, 0.717) is 29.6 Å². The molecule has 29 heavy (non-hydrogen) atoms. The number of hydrogen-bond acceptors (Lipinski definition) is 6. The Morgan fingerprint density at radius 1 is 1.14 bits per heavy atom. The van der Waals surface area contributed by atoms with Crippen LogP contribution in [0.25, 0.3) is 11.4 Å². The molecule has 0 aliphatic rings. The van der Waals surface area contributed by atoms with Gasteiger partial charge in [0.15, 0.2) is 0 Å². The molecule has 3 rings (SSSR count). The van der Waals surface area contributed by atoms with Crippen molar-refractivity contribution >= 4 is 5.91 Å². The zero-order valence-corrected chi connectivity index (χ0v) is 17.1. The van der Waals surface area contributed by atoms with Crippen molar-refractivity contribution in [2.24, 2.45) is 0 Å². The van der Waals surface area contributed by atoms with Crippen LogP contribution < -0.4 is 14.8 Å². The van der Waals surface area contributed by atoms with Crippen LogP contribution in [0.4, 0.5) is 0 Å². The van der Waals surface area contributed by atoms with Crippen molar-refractivity contribution in [3.8, 4) is 22.9 Å². The van der Waals surface area contributed by atoms with Crippen LogP contribution in [0.1, 0.15) is 36.4 Å². The van der Waals surface area contributed by atoms with Gasteiger partial charge in [-0.1, -0.05) is 35.0 Å². The molecular weight excluding hydrogens is 370 g/mol. The van der Waals surface area contributed by atoms with Gasteiger partial charge in [-0.05, 0) is 32.0 Å². The molecule has 0 saturated heterocycles. The summed E-state index contributed by atoms with van der Waals surface area (Å²) < 4.78 is 15.9. The predicted octanol–water partition coefficient (Wildman–Crippen LogP) is 3.87. The summed E-state index contributed by atoms with van der Waals surface area (Å²) in [6.07, 6.45) is 0.610. The van der Waals surface area contributed by atoms with Gasteiger partial charge in [0.2, 0.25) is 17.6 Å². The van der Waals surface area contributed by atoms with Crippen molar-refractivity contribution in [2.45, 2.75) is 32.7 Å². The number of aromatic nitrogens is 2. The van der Waals surface area contributed by atoms with Gasteiger partial charge in [-0.25, -0.2) is 0 Å². The van der Waals surface area contributed by atoms with Crippen LogP contribution in [-0.2, 0) is 11.2 Å². The summed E-state index contributed by atoms with van der Waals surface area (Å²) in [4.78, 5) is 16.8. The Balaban J connectivity index is 1.58. The topological polar surface area (TPSA) is 86.5 Å². The van der Waals surface area contributed by atoms with E-state index in [1.165, 1.54) is 0 Å². The zero-order chi connectivity index (χ0) is 20.8. The molecule has 0 bridgehead atoms. The Labute approximate surface area is 170 Å². The van der Waals surface area contributed by atoms with Crippen LogP contribution >= 0.6 is 0 Å². The first-order valence-corrected chi connectivity index (χ1v) is 9.41. The molecule has 2 aromatic carbocycles. The molecule has 0 saturated carbocycles. The molecule has 152 valence electrons. The summed E-state index contributed by atoms with van der Waals surface area (Å²) in [7, 11) is 3.20. The van der Waals surface area contributed by atoms with Gasteiger partial charge in [0, 0.05) is 24.0 Å². The van der Waals surface area contributed by atoms with Crippen molar-refractivity contribution in [2.75, 3.05) is 14.2 Å². The maximum atomic E-state index is 12.4. The van der Waals surface area contributed by atoms with Crippen molar-refractivity contribution in [1.29, 1.82) is 0 Å². The molecule has 1 atom stereocenters. The second kappa shape index (κ2) is 9.23. The van der Waals surface area contributed by atoms with Crippen LogP contribution in [0.15, 0.2) is 47.0 Å². The van der Waals surface area contributed by atoms with Crippen molar-refractivity contribution in [3.63, 3.8) is 0 Å². The number of rotatable bonds is 8. The van der Waals surface area contributed by atoms with E-state index in [0.717, 1.165) is 16.7 Å². The van der Waals surface area contributed by atoms with Crippen LogP contribution in [-0.4, -0.2) is 30.3 Å². The van der Waals surface area contributed by atoms with E-state index in [1.54, 1.807) is 14.2 Å². The summed E-state index contributed by atoms with van der Waals surface area (Å²) in [5.41, 5.74) is 2.89. The molecule has 1 heterocycles. The number of carbonyl (C=O) groups is 1. The highest BCUT2D eigenvalue weighted by molar-refractivity contribution is 5.76. The monoisotopic (exact) mass is 395 g/mol. The molecule has 1 N–H and O–H groups in total. The molecule has 0 aliphatic heterocycles. The fourth-order valence-electron chi connectivity index (χ4n) is 2.97. The lowest BCUT2D eigenvalue weighted by Crippen LogP contribution is -2.27. The van der Waals surface area contributed by atoms with Crippen LogP contribution in [0, 0.1) is 6.92 Å². The molecular formula is C22H25N3O4. The molecule has 1 aromatic heterocycles. The summed E-state index contributed by atoms with van der Waals surface area (Å²) in [5, 5.41) is 6.97. The lowest BCUT2D eigenvalue weighted by atomic mass is 10.1. The molecule has 3 aromatic rings. The van der Waals surface area contributed by atoms with E-state index < -0.39 is 0 Å². The first kappa shape index (κ1) is 20.4. The molecule has 7 heteroatoms. The zero-order valence-electron chi connectivity index (χ0n) is 17.1. The van der Waals surface area contributed by atoms with Crippen molar-refractivity contribution in [1.82, 2.24) is 15.5 Å². The third-order valence-corrected chi connectivity index (χ3v) is 4.62. The van der Waals surface area contributed by atoms with E-state index in [2.05, 4.69) is 15.5 Å². The third-order valence-electron chi connectivity index (χ3n) is 4.62. The molecule has 0 aliphatic carbocycles. The second-order valence-corrected chi connectivity index (χ2v) is 6.77. The minimum absolute atomic E-state index is 0.113. The molecule has 1 amide bonds. The van der Waals surface area contributed by atoms with E-state index >= 15 is 0 Å². The number of hydrogen-bond donors (Lipinski definition) is 1. The quantitative estimate of drug-likeness (QED) is 0.623. The number of nitrogens with one attached hydrogen (secondary N) is 1. The lowest BCUT2D eigenvalue weighted by Gasteiger charge is -2.18. The standard InChI is InChI=1S/C22H25N3O4/c1-14-5-7-16(8-6-14)22-24-21(29-25-22)12-11-20(26)23-15(2)18-13-17(27-3)9-10-19(18)28-4/h5-10,13,15H,11-12H2,1-4H3,(H,23,26)/t15-/m0/s1. The van der Waals surface area contributed by atoms with Gasteiger partial charge in [-0.3, -0.25) is 4.79 Å². The molecule has 0 radical (unpaired) electrons. The number of aryl methyl sites for hydroxylation is 2. The Morgan fingerprint density at radius 2 is 1.90 bits per heavy atom. The van der Waals surface area contributed by atoms with Crippen molar-refractivity contribution in [3.05, 3.63) is 59.5 Å². The Hall–Kier alpha value is -3.35. The number of nitrogens with zero attached hydrogens (tertiary/aromatic N) is 2. The van der Waals surface area contributed by atoms with Gasteiger partial charge >= 0.3 is 0 Å². The average Bonchev–Trinajstić information content (AvgIpc) is 3.21. The summed E-state index contributed by atoms with van der Waals surface area (Å²) in [6.45, 7) is 3.92. The van der Waals surface area contributed by atoms with Crippen molar-refractivity contribution < 1.29 is 18.8 Å². The number of ether oxygens (including phenoxy) is 2. The van der Waals surface area contributed by atoms with Gasteiger partial charge in [0.05, 0.1) is 20.3 Å². The Morgan fingerprint density at radius 3 is 2.59 bits per heavy atom. The fourth-order valence-corrected chi connectivity index (χ4v) is 2.97. The first-order chi connectivity index (χ1) is 14.0. The molecule has 0 spiro atoms. The highest BCUT2D eigenvalue weighted by atomic mass is 16.5. The van der Waals surface area contributed by atoms with E-state index in [-0.39, 0.29) is 18.4 Å². The van der Waals surface area contributed by atoms with Gasteiger partial charge in [-0.2, -0.15) is 4.98 Å². The number of carbonyl (C=O) groups excluding carboxylic acids is 1. The van der Waals surface area contributed by atoms with E-state index in [4.69, 9.17) is 14.0 Å². The third kappa shape index (κ3) is 5.13. The predicted molar refractivity (Wildman–Crippen MR) is 109 cm³/mol. The second-order valence-electron chi connectivity index (χ2n) is 6.77. The minimum Gasteiger partial charge on any atom is -0.497 e. The minimum atomic E-state index is -0.238. The van der Waals surface area contributed by atoms with E-state index in [9.17, 15) is 4.79 Å². The summed E-state index contributed by atoms with van der Waals surface area (Å²) in [6, 6.07) is 13.1. The Kier molecular flexibility index (Phi) is 6.49. The normalized spacial score (nSPS) is 11.7. The van der Waals surface area contributed by atoms with Crippen LogP contribution in [0.5, 0.6) is 11.5 Å². The summed E-state index contributed by atoms with van der Waals surface area (Å²) in [5.74, 6) is 2.24. The largest absolute Gasteiger partial charge is 0.497 e. The molecule has 0 unspecified atom stereocenters. The van der Waals surface area contributed by atoms with Gasteiger partial charge in [0.25, 0.3) is 0 Å². The van der Waals surface area contributed by atoms with Gasteiger partial charge in [0.1, 0.15) is 11.5 Å².